The minimum absolute atomic E-state index is 0.0164. The number of likely N-dealkylation sites (N-methyl/N-ethyl adjacent to an activating group) is 1. The maximum Gasteiger partial charge on any atom is 0.254 e. The highest BCUT2D eigenvalue weighted by Gasteiger charge is 2.36. The molecule has 210 valence electrons. The van der Waals surface area contributed by atoms with Crippen LogP contribution in [0.1, 0.15) is 48.8 Å². The molecule has 1 aliphatic rings. The van der Waals surface area contributed by atoms with Crippen LogP contribution in [0.5, 0.6) is 11.5 Å². The molecule has 0 radical (unpaired) electrons. The Morgan fingerprint density at radius 1 is 0.975 bits per heavy atom. The van der Waals surface area contributed by atoms with E-state index in [2.05, 4.69) is 59.7 Å². The van der Waals surface area contributed by atoms with Crippen LogP contribution in [-0.2, 0) is 6.54 Å². The molecule has 1 unspecified atom stereocenters. The lowest BCUT2D eigenvalue weighted by atomic mass is 9.97. The molecule has 2 heterocycles. The van der Waals surface area contributed by atoms with E-state index in [1.807, 2.05) is 17.0 Å². The summed E-state index contributed by atoms with van der Waals surface area (Å²) in [7, 11) is 3.21. The van der Waals surface area contributed by atoms with E-state index in [-0.39, 0.29) is 11.9 Å². The van der Waals surface area contributed by atoms with Crippen molar-refractivity contribution in [3.8, 4) is 22.6 Å². The number of amides is 1. The quantitative estimate of drug-likeness (QED) is 0.204. The number of hydrogen-bond donors (Lipinski definition) is 0. The molecule has 1 aliphatic heterocycles. The summed E-state index contributed by atoms with van der Waals surface area (Å²) in [5.41, 5.74) is 5.18. The Balaban J connectivity index is 1.68. The molecule has 0 saturated carbocycles. The van der Waals surface area contributed by atoms with E-state index >= 15 is 0 Å². The predicted molar refractivity (Wildman–Crippen MR) is 163 cm³/mol. The van der Waals surface area contributed by atoms with Crippen LogP contribution in [0.2, 0.25) is 5.02 Å². The first-order valence-corrected chi connectivity index (χ1v) is 14.5. The highest BCUT2D eigenvalue weighted by molar-refractivity contribution is 6.31. The summed E-state index contributed by atoms with van der Waals surface area (Å²) < 4.78 is 13.4. The lowest BCUT2D eigenvalue weighted by molar-refractivity contribution is 0.0730. The van der Waals surface area contributed by atoms with Crippen molar-refractivity contribution in [2.45, 2.75) is 39.3 Å². The summed E-state index contributed by atoms with van der Waals surface area (Å²) in [6.07, 6.45) is 1.83. The first-order chi connectivity index (χ1) is 19.5. The van der Waals surface area contributed by atoms with Crippen LogP contribution in [-0.4, -0.2) is 60.7 Å². The van der Waals surface area contributed by atoms with Crippen LogP contribution >= 0.6 is 11.6 Å². The van der Waals surface area contributed by atoms with E-state index in [0.29, 0.717) is 28.6 Å². The van der Waals surface area contributed by atoms with Crippen molar-refractivity contribution in [1.29, 1.82) is 0 Å². The minimum atomic E-state index is -0.0808. The second kappa shape index (κ2) is 12.4. The highest BCUT2D eigenvalue weighted by Crippen LogP contribution is 2.45. The van der Waals surface area contributed by atoms with Crippen molar-refractivity contribution in [2.75, 3.05) is 40.4 Å². The van der Waals surface area contributed by atoms with Gasteiger partial charge in [-0.3, -0.25) is 4.79 Å². The van der Waals surface area contributed by atoms with Crippen LogP contribution in [0.15, 0.2) is 66.7 Å². The maximum absolute atomic E-state index is 14.1. The van der Waals surface area contributed by atoms with E-state index in [4.69, 9.17) is 21.1 Å². The molecule has 0 spiro atoms. The van der Waals surface area contributed by atoms with Gasteiger partial charge >= 0.3 is 0 Å². The average molecular weight is 560 g/mol. The largest absolute Gasteiger partial charge is 0.497 e. The zero-order valence-corrected chi connectivity index (χ0v) is 24.6. The summed E-state index contributed by atoms with van der Waals surface area (Å²) >= 11 is 6.58. The van der Waals surface area contributed by atoms with Crippen molar-refractivity contribution in [3.63, 3.8) is 0 Å². The van der Waals surface area contributed by atoms with Crippen molar-refractivity contribution in [2.24, 2.45) is 0 Å². The van der Waals surface area contributed by atoms with Crippen molar-refractivity contribution in [3.05, 3.63) is 83.0 Å². The van der Waals surface area contributed by atoms with Gasteiger partial charge in [0.2, 0.25) is 0 Å². The first kappa shape index (κ1) is 28.1. The molecule has 6 nitrogen and oxygen atoms in total. The number of hydrogen-bond acceptors (Lipinski definition) is 4. The number of nitrogens with zero attached hydrogens (tertiary/aromatic N) is 3. The van der Waals surface area contributed by atoms with Gasteiger partial charge in [-0.05, 0) is 61.8 Å². The molecule has 4 aromatic rings. The number of aromatic nitrogens is 1. The summed E-state index contributed by atoms with van der Waals surface area (Å²) in [5, 5.41) is 1.83. The zero-order valence-electron chi connectivity index (χ0n) is 23.8. The number of benzene rings is 3. The lowest BCUT2D eigenvalue weighted by Gasteiger charge is -2.29. The molecule has 40 heavy (non-hydrogen) atoms. The van der Waals surface area contributed by atoms with Gasteiger partial charge in [0.05, 0.1) is 20.3 Å². The minimum Gasteiger partial charge on any atom is -0.497 e. The summed E-state index contributed by atoms with van der Waals surface area (Å²) in [4.78, 5) is 18.6. The van der Waals surface area contributed by atoms with E-state index in [1.54, 1.807) is 32.4 Å². The van der Waals surface area contributed by atoms with E-state index in [0.717, 1.165) is 61.1 Å². The van der Waals surface area contributed by atoms with E-state index < -0.39 is 0 Å². The van der Waals surface area contributed by atoms with Crippen molar-refractivity contribution in [1.82, 2.24) is 14.4 Å². The van der Waals surface area contributed by atoms with Gasteiger partial charge in [-0.2, -0.15) is 0 Å². The van der Waals surface area contributed by atoms with Crippen molar-refractivity contribution < 1.29 is 14.3 Å². The SMILES string of the molecule is CCN(CC)CCn1c(C2CCCN2C(=O)c2cc(OC)cc(OC)c2)c(-c2ccccc2)c2cc(Cl)ccc21. The Kier molecular flexibility index (Phi) is 8.67. The van der Waals surface area contributed by atoms with E-state index in [9.17, 15) is 4.79 Å². The molecule has 1 amide bonds. The first-order valence-electron chi connectivity index (χ1n) is 14.1. The highest BCUT2D eigenvalue weighted by atomic mass is 35.5. The Morgan fingerprint density at radius 2 is 1.68 bits per heavy atom. The van der Waals surface area contributed by atoms with Gasteiger partial charge in [-0.1, -0.05) is 55.8 Å². The second-order valence-corrected chi connectivity index (χ2v) is 10.7. The fourth-order valence-electron chi connectivity index (χ4n) is 6.01. The number of rotatable bonds is 10. The Bertz CT molecular complexity index is 1460. The summed E-state index contributed by atoms with van der Waals surface area (Å²) in [6.45, 7) is 8.83. The van der Waals surface area contributed by atoms with Crippen LogP contribution in [0.3, 0.4) is 0 Å². The van der Waals surface area contributed by atoms with Gasteiger partial charge in [0.25, 0.3) is 5.91 Å². The third-order valence-corrected chi connectivity index (χ3v) is 8.33. The Morgan fingerprint density at radius 3 is 2.33 bits per heavy atom. The molecule has 1 aromatic heterocycles. The molecule has 0 aliphatic carbocycles. The van der Waals surface area contributed by atoms with Crippen LogP contribution in [0.25, 0.3) is 22.0 Å². The fourth-order valence-corrected chi connectivity index (χ4v) is 6.19. The second-order valence-electron chi connectivity index (χ2n) is 10.2. The molecule has 1 atom stereocenters. The van der Waals surface area contributed by atoms with Crippen LogP contribution in [0, 0.1) is 0 Å². The van der Waals surface area contributed by atoms with Gasteiger partial charge in [0, 0.05) is 58.4 Å². The molecule has 0 bridgehead atoms. The molecule has 3 aromatic carbocycles. The van der Waals surface area contributed by atoms with E-state index in [1.165, 1.54) is 5.69 Å². The van der Waals surface area contributed by atoms with Crippen molar-refractivity contribution >= 4 is 28.4 Å². The van der Waals surface area contributed by atoms with Crippen LogP contribution in [0.4, 0.5) is 0 Å². The normalized spacial score (nSPS) is 15.2. The number of halogens is 1. The molecule has 5 rings (SSSR count). The monoisotopic (exact) mass is 559 g/mol. The molecule has 1 fully saturated rings. The number of ether oxygens (including phenoxy) is 2. The van der Waals surface area contributed by atoms with Gasteiger partial charge in [-0.25, -0.2) is 0 Å². The molecule has 7 heteroatoms. The third-order valence-electron chi connectivity index (χ3n) is 8.09. The Labute approximate surface area is 242 Å². The molecule has 1 saturated heterocycles. The van der Waals surface area contributed by atoms with Crippen LogP contribution < -0.4 is 9.47 Å². The van der Waals surface area contributed by atoms with Gasteiger partial charge < -0.3 is 23.8 Å². The zero-order chi connectivity index (χ0) is 28.2. The third kappa shape index (κ3) is 5.43. The summed E-state index contributed by atoms with van der Waals surface area (Å²) in [6, 6.07) is 22.0. The summed E-state index contributed by atoms with van der Waals surface area (Å²) in [5.74, 6) is 1.19. The Hall–Kier alpha value is -3.48. The number of carbonyl (C=O) groups is 1. The number of fused-ring (bicyclic) bond motifs is 1. The van der Waals surface area contributed by atoms with Gasteiger partial charge in [0.1, 0.15) is 11.5 Å². The topological polar surface area (TPSA) is 46.9 Å². The lowest BCUT2D eigenvalue weighted by Crippen LogP contribution is -2.33. The van der Waals surface area contributed by atoms with Gasteiger partial charge in [0.15, 0.2) is 0 Å². The standard InChI is InChI=1S/C33H38ClN3O3/c1-5-35(6-2)17-18-36-29-15-14-25(34)21-28(29)31(23-11-8-7-9-12-23)32(36)30-13-10-16-37(30)33(38)24-19-26(39-3)22-27(20-24)40-4/h7-9,11-12,14-15,19-22,30H,5-6,10,13,16-18H2,1-4H3. The average Bonchev–Trinajstić information content (AvgIpc) is 3.59. The van der Waals surface area contributed by atoms with Gasteiger partial charge in [-0.15, -0.1) is 0 Å². The molecular weight excluding hydrogens is 522 g/mol. The molecule has 0 N–H and O–H groups in total. The maximum atomic E-state index is 14.1. The molecular formula is C33H38ClN3O3. The number of likely N-dealkylation sites (tertiary alicyclic amines) is 1. The smallest absolute Gasteiger partial charge is 0.254 e. The predicted octanol–water partition coefficient (Wildman–Crippen LogP) is 7.30. The number of carbonyl (C=O) groups excluding carboxylic acids is 1. The number of methoxy groups -OCH3 is 2. The fraction of sp³-hybridized carbons (Fsp3) is 0.364.